The molecule has 0 saturated heterocycles. The zero-order chi connectivity index (χ0) is 19.3. The normalized spacial score (nSPS) is 11.1. The second-order valence-corrected chi connectivity index (χ2v) is 6.75. The predicted octanol–water partition coefficient (Wildman–Crippen LogP) is 4.62. The van der Waals surface area contributed by atoms with E-state index in [1.807, 2.05) is 30.3 Å². The SMILES string of the molecule is CCCCCc1c(-c2ccccc2)c(-n2cnnn2)nc2cc(OC)ccc12. The van der Waals surface area contributed by atoms with Gasteiger partial charge in [0.1, 0.15) is 12.1 Å². The Morgan fingerprint density at radius 3 is 2.61 bits per heavy atom. The van der Waals surface area contributed by atoms with Gasteiger partial charge in [-0.25, -0.2) is 4.98 Å². The van der Waals surface area contributed by atoms with Crippen LogP contribution in [0.3, 0.4) is 0 Å². The van der Waals surface area contributed by atoms with Gasteiger partial charge in [-0.2, -0.15) is 4.68 Å². The van der Waals surface area contributed by atoms with Crippen LogP contribution in [0.25, 0.3) is 27.8 Å². The van der Waals surface area contributed by atoms with Crippen molar-refractivity contribution in [3.05, 3.63) is 60.4 Å². The fourth-order valence-electron chi connectivity index (χ4n) is 3.57. The minimum absolute atomic E-state index is 0.739. The highest BCUT2D eigenvalue weighted by atomic mass is 16.5. The Morgan fingerprint density at radius 1 is 1.04 bits per heavy atom. The number of rotatable bonds is 7. The van der Waals surface area contributed by atoms with Gasteiger partial charge in [-0.3, -0.25) is 0 Å². The van der Waals surface area contributed by atoms with Crippen molar-refractivity contribution in [3.8, 4) is 22.7 Å². The van der Waals surface area contributed by atoms with Crippen LogP contribution in [-0.2, 0) is 6.42 Å². The molecule has 0 atom stereocenters. The minimum atomic E-state index is 0.739. The highest BCUT2D eigenvalue weighted by Gasteiger charge is 2.19. The van der Waals surface area contributed by atoms with Crippen LogP contribution in [0.15, 0.2) is 54.9 Å². The number of benzene rings is 2. The Kier molecular flexibility index (Phi) is 5.28. The van der Waals surface area contributed by atoms with Crippen LogP contribution in [0.5, 0.6) is 5.75 Å². The van der Waals surface area contributed by atoms with Crippen molar-refractivity contribution in [1.82, 2.24) is 25.2 Å². The van der Waals surface area contributed by atoms with Crippen molar-refractivity contribution in [2.75, 3.05) is 7.11 Å². The third kappa shape index (κ3) is 3.45. The van der Waals surface area contributed by atoms with E-state index in [1.54, 1.807) is 18.1 Å². The van der Waals surface area contributed by atoms with Crippen molar-refractivity contribution in [2.45, 2.75) is 32.6 Å². The Bertz CT molecular complexity index is 1060. The Hall–Kier alpha value is -3.28. The van der Waals surface area contributed by atoms with E-state index in [1.165, 1.54) is 18.4 Å². The summed E-state index contributed by atoms with van der Waals surface area (Å²) in [6.07, 6.45) is 6.05. The zero-order valence-corrected chi connectivity index (χ0v) is 16.2. The highest BCUT2D eigenvalue weighted by Crippen LogP contribution is 2.36. The number of ether oxygens (including phenoxy) is 1. The third-order valence-corrected chi connectivity index (χ3v) is 4.94. The molecule has 0 aliphatic heterocycles. The zero-order valence-electron chi connectivity index (χ0n) is 16.2. The summed E-state index contributed by atoms with van der Waals surface area (Å²) in [4.78, 5) is 4.93. The van der Waals surface area contributed by atoms with Gasteiger partial charge < -0.3 is 4.74 Å². The number of hydrogen-bond donors (Lipinski definition) is 0. The summed E-state index contributed by atoms with van der Waals surface area (Å²) >= 11 is 0. The lowest BCUT2D eigenvalue weighted by Crippen LogP contribution is -2.06. The van der Waals surface area contributed by atoms with E-state index >= 15 is 0 Å². The molecule has 0 bridgehead atoms. The van der Waals surface area contributed by atoms with E-state index in [2.05, 4.69) is 40.6 Å². The summed E-state index contributed by atoms with van der Waals surface area (Å²) in [5.41, 5.74) is 4.36. The van der Waals surface area contributed by atoms with Crippen molar-refractivity contribution in [2.24, 2.45) is 0 Å². The van der Waals surface area contributed by atoms with Gasteiger partial charge in [-0.1, -0.05) is 50.1 Å². The number of unbranched alkanes of at least 4 members (excludes halogenated alkanes) is 2. The quantitative estimate of drug-likeness (QED) is 0.442. The maximum atomic E-state index is 5.42. The third-order valence-electron chi connectivity index (χ3n) is 4.94. The lowest BCUT2D eigenvalue weighted by molar-refractivity contribution is 0.415. The average Bonchev–Trinajstić information content (AvgIpc) is 3.28. The molecular weight excluding hydrogens is 350 g/mol. The van der Waals surface area contributed by atoms with Gasteiger partial charge in [0.2, 0.25) is 0 Å². The molecule has 0 saturated carbocycles. The van der Waals surface area contributed by atoms with Crippen LogP contribution in [0, 0.1) is 0 Å². The fourth-order valence-corrected chi connectivity index (χ4v) is 3.57. The van der Waals surface area contributed by atoms with Gasteiger partial charge in [0.25, 0.3) is 0 Å². The van der Waals surface area contributed by atoms with E-state index in [-0.39, 0.29) is 0 Å². The van der Waals surface area contributed by atoms with Gasteiger partial charge in [0.15, 0.2) is 5.82 Å². The van der Waals surface area contributed by atoms with Gasteiger partial charge in [-0.15, -0.1) is 5.10 Å². The summed E-state index contributed by atoms with van der Waals surface area (Å²) in [7, 11) is 1.67. The fraction of sp³-hybridized carbons (Fsp3) is 0.273. The number of methoxy groups -OCH3 is 1. The average molecular weight is 373 g/mol. The molecule has 4 rings (SSSR count). The molecule has 0 aliphatic carbocycles. The maximum Gasteiger partial charge on any atom is 0.165 e. The molecule has 0 spiro atoms. The molecule has 2 aromatic heterocycles. The number of nitrogens with zero attached hydrogens (tertiary/aromatic N) is 5. The van der Waals surface area contributed by atoms with Crippen LogP contribution in [-0.4, -0.2) is 32.3 Å². The molecular formula is C22H23N5O. The first kappa shape index (κ1) is 18.1. The first-order chi connectivity index (χ1) is 13.8. The molecule has 0 amide bonds. The summed E-state index contributed by atoms with van der Waals surface area (Å²) < 4.78 is 7.06. The Morgan fingerprint density at radius 2 is 1.89 bits per heavy atom. The number of pyridine rings is 1. The largest absolute Gasteiger partial charge is 0.497 e. The summed E-state index contributed by atoms with van der Waals surface area (Å²) in [5, 5.41) is 12.9. The number of fused-ring (bicyclic) bond motifs is 1. The van der Waals surface area contributed by atoms with Gasteiger partial charge in [0.05, 0.1) is 12.6 Å². The van der Waals surface area contributed by atoms with E-state index in [9.17, 15) is 0 Å². The smallest absolute Gasteiger partial charge is 0.165 e. The van der Waals surface area contributed by atoms with Crippen molar-refractivity contribution in [3.63, 3.8) is 0 Å². The Labute approximate surface area is 164 Å². The van der Waals surface area contributed by atoms with Gasteiger partial charge in [0, 0.05) is 17.0 Å². The molecule has 2 aromatic carbocycles. The standard InChI is InChI=1S/C22H23N5O/c1-3-4-6-11-19-18-13-12-17(28-2)14-20(18)24-22(27-15-23-25-26-27)21(19)16-9-7-5-8-10-16/h5,7-10,12-15H,3-4,6,11H2,1-2H3. The minimum Gasteiger partial charge on any atom is -0.497 e. The molecule has 0 radical (unpaired) electrons. The summed E-state index contributed by atoms with van der Waals surface area (Å²) in [6, 6.07) is 16.4. The first-order valence-corrected chi connectivity index (χ1v) is 9.61. The van der Waals surface area contributed by atoms with Crippen molar-refractivity contribution in [1.29, 1.82) is 0 Å². The predicted molar refractivity (Wildman–Crippen MR) is 110 cm³/mol. The Balaban J connectivity index is 2.03. The second kappa shape index (κ2) is 8.17. The molecule has 0 aliphatic rings. The van der Waals surface area contributed by atoms with Crippen LogP contribution in [0.2, 0.25) is 0 Å². The molecule has 2 heterocycles. The molecule has 6 heteroatoms. The van der Waals surface area contributed by atoms with Gasteiger partial charge >= 0.3 is 0 Å². The lowest BCUT2D eigenvalue weighted by atomic mass is 9.92. The van der Waals surface area contributed by atoms with E-state index in [4.69, 9.17) is 9.72 Å². The molecule has 0 N–H and O–H groups in total. The van der Waals surface area contributed by atoms with Crippen molar-refractivity contribution >= 4 is 10.9 Å². The van der Waals surface area contributed by atoms with Crippen molar-refractivity contribution < 1.29 is 4.74 Å². The molecule has 28 heavy (non-hydrogen) atoms. The number of aromatic nitrogens is 5. The number of tetrazole rings is 1. The molecule has 142 valence electrons. The van der Waals surface area contributed by atoms with E-state index in [0.29, 0.717) is 0 Å². The molecule has 0 unspecified atom stereocenters. The summed E-state index contributed by atoms with van der Waals surface area (Å²) in [5.74, 6) is 1.53. The van der Waals surface area contributed by atoms with E-state index in [0.717, 1.165) is 46.4 Å². The second-order valence-electron chi connectivity index (χ2n) is 6.75. The monoisotopic (exact) mass is 373 g/mol. The van der Waals surface area contributed by atoms with Gasteiger partial charge in [-0.05, 0) is 46.5 Å². The number of hydrogen-bond acceptors (Lipinski definition) is 5. The molecule has 6 nitrogen and oxygen atoms in total. The van der Waals surface area contributed by atoms with Crippen LogP contribution in [0.1, 0.15) is 31.7 Å². The van der Waals surface area contributed by atoms with Crippen LogP contribution in [0.4, 0.5) is 0 Å². The topological polar surface area (TPSA) is 65.7 Å². The van der Waals surface area contributed by atoms with Crippen LogP contribution < -0.4 is 4.74 Å². The van der Waals surface area contributed by atoms with E-state index < -0.39 is 0 Å². The van der Waals surface area contributed by atoms with Crippen LogP contribution >= 0.6 is 0 Å². The maximum absolute atomic E-state index is 5.42. The lowest BCUT2D eigenvalue weighted by Gasteiger charge is -2.17. The highest BCUT2D eigenvalue weighted by molar-refractivity contribution is 5.92. The molecule has 0 fully saturated rings. The molecule has 4 aromatic rings. The number of aryl methyl sites for hydroxylation is 1. The first-order valence-electron chi connectivity index (χ1n) is 9.61. The summed E-state index contributed by atoms with van der Waals surface area (Å²) in [6.45, 7) is 2.22.